The molecule has 2 aromatic heterocycles. The zero-order valence-electron chi connectivity index (χ0n) is 18.5. The number of benzene rings is 1. The van der Waals surface area contributed by atoms with E-state index in [9.17, 15) is 9.18 Å². The van der Waals surface area contributed by atoms with E-state index in [1.165, 1.54) is 16.5 Å². The first kappa shape index (κ1) is 20.9. The Morgan fingerprint density at radius 1 is 1.24 bits per heavy atom. The molecule has 33 heavy (non-hydrogen) atoms. The normalized spacial score (nSPS) is 21.9. The molecule has 2 aliphatic heterocycles. The number of rotatable bonds is 3. The number of nitrogens with one attached hydrogen (secondary N) is 1. The van der Waals surface area contributed by atoms with E-state index in [1.807, 2.05) is 24.0 Å². The lowest BCUT2D eigenvalue weighted by atomic mass is 9.94. The minimum absolute atomic E-state index is 0.213. The van der Waals surface area contributed by atoms with Gasteiger partial charge < -0.3 is 9.64 Å². The van der Waals surface area contributed by atoms with Gasteiger partial charge in [-0.05, 0) is 37.3 Å². The lowest BCUT2D eigenvalue weighted by molar-refractivity contribution is -0.136. The zero-order valence-corrected chi connectivity index (χ0v) is 19.3. The summed E-state index contributed by atoms with van der Waals surface area (Å²) in [5.74, 6) is 1.95. The molecule has 7 nitrogen and oxygen atoms in total. The van der Waals surface area contributed by atoms with Crippen molar-refractivity contribution in [3.05, 3.63) is 63.3 Å². The Bertz CT molecular complexity index is 1220. The van der Waals surface area contributed by atoms with Gasteiger partial charge in [-0.2, -0.15) is 0 Å². The highest BCUT2D eigenvalue weighted by molar-refractivity contribution is 7.15. The van der Waals surface area contributed by atoms with E-state index in [1.54, 1.807) is 17.4 Å². The van der Waals surface area contributed by atoms with Crippen molar-refractivity contribution in [1.29, 1.82) is 0 Å². The SMILES string of the molecule is Cc1nnc2n1-c1sc3c(c1C(c1ccccc1F)NC2)CC(CC(=O)N1CCOCC1)C3. The summed E-state index contributed by atoms with van der Waals surface area (Å²) in [4.78, 5) is 16.1. The molecule has 9 heteroatoms. The second kappa shape index (κ2) is 8.30. The molecule has 1 N–H and O–H groups in total. The highest BCUT2D eigenvalue weighted by Crippen LogP contribution is 2.46. The van der Waals surface area contributed by atoms with E-state index in [0.717, 1.165) is 35.1 Å². The Morgan fingerprint density at radius 2 is 2.06 bits per heavy atom. The monoisotopic (exact) mass is 467 g/mol. The van der Waals surface area contributed by atoms with Crippen LogP contribution >= 0.6 is 11.3 Å². The summed E-state index contributed by atoms with van der Waals surface area (Å²) in [5.41, 5.74) is 3.02. The average Bonchev–Trinajstić information content (AvgIpc) is 3.45. The smallest absolute Gasteiger partial charge is 0.223 e. The number of hydrogen-bond acceptors (Lipinski definition) is 6. The van der Waals surface area contributed by atoms with Gasteiger partial charge >= 0.3 is 0 Å². The van der Waals surface area contributed by atoms with Gasteiger partial charge in [0.25, 0.3) is 0 Å². The first-order chi connectivity index (χ1) is 16.1. The number of aryl methyl sites for hydroxylation is 1. The largest absolute Gasteiger partial charge is 0.378 e. The number of thiophene rings is 1. The number of amides is 1. The summed E-state index contributed by atoms with van der Waals surface area (Å²) < 4.78 is 22.4. The van der Waals surface area contributed by atoms with E-state index in [-0.39, 0.29) is 23.7 Å². The zero-order chi connectivity index (χ0) is 22.5. The van der Waals surface area contributed by atoms with Crippen molar-refractivity contribution in [3.63, 3.8) is 0 Å². The van der Waals surface area contributed by atoms with Crippen LogP contribution in [0.2, 0.25) is 0 Å². The van der Waals surface area contributed by atoms with Crippen LogP contribution in [0.1, 0.15) is 45.7 Å². The van der Waals surface area contributed by atoms with Crippen LogP contribution in [-0.2, 0) is 28.9 Å². The molecule has 1 aromatic carbocycles. The molecule has 0 bridgehead atoms. The molecule has 0 saturated carbocycles. The number of carbonyl (C=O) groups is 1. The number of aromatic nitrogens is 3. The summed E-state index contributed by atoms with van der Waals surface area (Å²) in [7, 11) is 0. The van der Waals surface area contributed by atoms with E-state index >= 15 is 0 Å². The molecule has 172 valence electrons. The Labute approximate surface area is 195 Å². The van der Waals surface area contributed by atoms with Crippen LogP contribution in [0.25, 0.3) is 5.00 Å². The third-order valence-corrected chi connectivity index (χ3v) is 8.23. The van der Waals surface area contributed by atoms with Crippen molar-refractivity contribution in [2.75, 3.05) is 26.3 Å². The van der Waals surface area contributed by atoms with Gasteiger partial charge in [0.2, 0.25) is 5.91 Å². The lowest BCUT2D eigenvalue weighted by Crippen LogP contribution is -2.41. The molecular formula is C24H26FN5O2S. The van der Waals surface area contributed by atoms with Crippen molar-refractivity contribution in [3.8, 4) is 5.00 Å². The van der Waals surface area contributed by atoms with E-state index < -0.39 is 0 Å². The van der Waals surface area contributed by atoms with E-state index in [4.69, 9.17) is 4.74 Å². The fourth-order valence-corrected chi connectivity index (χ4v) is 6.92. The Kier molecular flexibility index (Phi) is 5.27. The first-order valence-corrected chi connectivity index (χ1v) is 12.3. The standard InChI is InChI=1S/C24H26FN5O2S/c1-14-27-28-20-13-26-23(16-4-2-3-5-18(16)25)22-17-10-15(11-19(17)33-24(22)30(14)20)12-21(31)29-6-8-32-9-7-29/h2-5,15,23,26H,6-13H2,1H3. The number of hydrogen-bond donors (Lipinski definition) is 1. The van der Waals surface area contributed by atoms with Crippen molar-refractivity contribution < 1.29 is 13.9 Å². The molecule has 2 unspecified atom stereocenters. The van der Waals surface area contributed by atoms with Crippen LogP contribution in [0.3, 0.4) is 0 Å². The lowest BCUT2D eigenvalue weighted by Gasteiger charge is -2.28. The molecule has 1 aliphatic carbocycles. The summed E-state index contributed by atoms with van der Waals surface area (Å²) in [6.45, 7) is 5.06. The highest BCUT2D eigenvalue weighted by Gasteiger charge is 2.37. The molecule has 0 spiro atoms. The molecule has 2 atom stereocenters. The minimum atomic E-state index is -0.268. The van der Waals surface area contributed by atoms with Gasteiger partial charge in [-0.1, -0.05) is 18.2 Å². The number of nitrogens with zero attached hydrogens (tertiary/aromatic N) is 4. The van der Waals surface area contributed by atoms with Gasteiger partial charge in [-0.3, -0.25) is 14.7 Å². The van der Waals surface area contributed by atoms with E-state index in [0.29, 0.717) is 44.8 Å². The first-order valence-electron chi connectivity index (χ1n) is 11.5. The molecular weight excluding hydrogens is 441 g/mol. The van der Waals surface area contributed by atoms with Crippen LogP contribution in [-0.4, -0.2) is 51.9 Å². The van der Waals surface area contributed by atoms with Gasteiger partial charge in [-0.15, -0.1) is 21.5 Å². The van der Waals surface area contributed by atoms with Crippen molar-refractivity contribution >= 4 is 17.2 Å². The Hall–Kier alpha value is -2.62. The maximum Gasteiger partial charge on any atom is 0.223 e. The predicted octanol–water partition coefficient (Wildman–Crippen LogP) is 2.93. The average molecular weight is 468 g/mol. The molecule has 1 saturated heterocycles. The van der Waals surface area contributed by atoms with Gasteiger partial charge in [0.15, 0.2) is 5.82 Å². The van der Waals surface area contributed by atoms with Crippen molar-refractivity contribution in [2.45, 2.75) is 38.8 Å². The fraction of sp³-hybridized carbons (Fsp3) is 0.458. The maximum absolute atomic E-state index is 14.9. The Balaban J connectivity index is 1.36. The number of halogens is 1. The maximum atomic E-state index is 14.9. The third kappa shape index (κ3) is 3.59. The number of ether oxygens (including phenoxy) is 1. The summed E-state index contributed by atoms with van der Waals surface area (Å²) in [6, 6.07) is 6.71. The van der Waals surface area contributed by atoms with Gasteiger partial charge in [-0.25, -0.2) is 4.39 Å². The van der Waals surface area contributed by atoms with Crippen molar-refractivity contribution in [1.82, 2.24) is 25.0 Å². The second-order valence-electron chi connectivity index (χ2n) is 9.03. The van der Waals surface area contributed by atoms with Crippen LogP contribution < -0.4 is 5.32 Å². The summed E-state index contributed by atoms with van der Waals surface area (Å²) in [6.07, 6.45) is 2.26. The molecule has 3 aromatic rings. The van der Waals surface area contributed by atoms with Crippen LogP contribution in [0.4, 0.5) is 4.39 Å². The topological polar surface area (TPSA) is 72.3 Å². The number of carbonyl (C=O) groups excluding carboxylic acids is 1. The minimum Gasteiger partial charge on any atom is -0.378 e. The highest BCUT2D eigenvalue weighted by atomic mass is 32.1. The van der Waals surface area contributed by atoms with Gasteiger partial charge in [0.05, 0.1) is 25.8 Å². The van der Waals surface area contributed by atoms with Gasteiger partial charge in [0.1, 0.15) is 16.6 Å². The van der Waals surface area contributed by atoms with Crippen LogP contribution in [0.15, 0.2) is 24.3 Å². The van der Waals surface area contributed by atoms with Crippen LogP contribution in [0, 0.1) is 18.7 Å². The number of fused-ring (bicyclic) bond motifs is 5. The quantitative estimate of drug-likeness (QED) is 0.641. The summed E-state index contributed by atoms with van der Waals surface area (Å²) >= 11 is 1.75. The van der Waals surface area contributed by atoms with Gasteiger partial charge in [0, 0.05) is 35.5 Å². The number of morpholine rings is 1. The third-order valence-electron chi connectivity index (χ3n) is 6.97. The second-order valence-corrected chi connectivity index (χ2v) is 10.1. The molecule has 1 fully saturated rings. The fourth-order valence-electron chi connectivity index (χ4n) is 5.38. The summed E-state index contributed by atoms with van der Waals surface area (Å²) in [5, 5.41) is 13.3. The molecule has 6 rings (SSSR count). The molecule has 4 heterocycles. The Morgan fingerprint density at radius 3 is 2.88 bits per heavy atom. The predicted molar refractivity (Wildman–Crippen MR) is 122 cm³/mol. The van der Waals surface area contributed by atoms with Crippen molar-refractivity contribution in [2.24, 2.45) is 5.92 Å². The molecule has 3 aliphatic rings. The van der Waals surface area contributed by atoms with E-state index in [2.05, 4.69) is 20.1 Å². The van der Waals surface area contributed by atoms with Crippen LogP contribution in [0.5, 0.6) is 0 Å². The molecule has 1 amide bonds. The molecule has 0 radical (unpaired) electrons.